The van der Waals surface area contributed by atoms with Crippen molar-refractivity contribution in [2.45, 2.75) is 45.2 Å². The van der Waals surface area contributed by atoms with Crippen molar-refractivity contribution in [3.63, 3.8) is 0 Å². The summed E-state index contributed by atoms with van der Waals surface area (Å²) in [5.41, 5.74) is 0. The van der Waals surface area contributed by atoms with Crippen LogP contribution in [0.2, 0.25) is 0 Å². The lowest BCUT2D eigenvalue weighted by atomic mass is 10.0. The highest BCUT2D eigenvalue weighted by Gasteiger charge is 2.16. The Bertz CT molecular complexity index is 375. The first kappa shape index (κ1) is 15.5. The molecule has 1 saturated heterocycles. The normalized spacial score (nSPS) is 20.9. The van der Waals surface area contributed by atoms with Crippen molar-refractivity contribution in [1.29, 1.82) is 0 Å². The minimum absolute atomic E-state index is 0.769. The number of halogens is 2. The van der Waals surface area contributed by atoms with Gasteiger partial charge in [-0.05, 0) is 83.7 Å². The van der Waals surface area contributed by atoms with E-state index in [1.54, 1.807) is 0 Å². The largest absolute Gasteiger partial charge is 0.452 e. The molecule has 1 unspecified atom stereocenters. The summed E-state index contributed by atoms with van der Waals surface area (Å²) in [6.45, 7) is 6.67. The van der Waals surface area contributed by atoms with Gasteiger partial charge in [-0.25, -0.2) is 0 Å². The van der Waals surface area contributed by atoms with Crippen molar-refractivity contribution < 1.29 is 4.42 Å². The lowest BCUT2D eigenvalue weighted by Gasteiger charge is -2.33. The van der Waals surface area contributed by atoms with Crippen LogP contribution in [0.1, 0.15) is 38.4 Å². The standard InChI is InChI=1S/C14H22Br2N2O/c1-11-5-2-3-7-18(11)8-4-6-17-10-12-9-13(15)14(16)19-12/h9,11,17H,2-8,10H2,1H3. The van der Waals surface area contributed by atoms with Crippen molar-refractivity contribution in [1.82, 2.24) is 10.2 Å². The van der Waals surface area contributed by atoms with Crippen molar-refractivity contribution >= 4 is 31.9 Å². The SMILES string of the molecule is CC1CCCCN1CCCNCc1cc(Br)c(Br)o1. The predicted octanol–water partition coefficient (Wildman–Crippen LogP) is 4.16. The lowest BCUT2D eigenvalue weighted by Crippen LogP contribution is -2.38. The van der Waals surface area contributed by atoms with E-state index in [1.807, 2.05) is 6.07 Å². The Morgan fingerprint density at radius 1 is 1.42 bits per heavy atom. The Hall–Kier alpha value is 0.160. The van der Waals surface area contributed by atoms with E-state index in [2.05, 4.69) is 49.0 Å². The molecule has 0 bridgehead atoms. The van der Waals surface area contributed by atoms with Crippen LogP contribution in [0.25, 0.3) is 0 Å². The average molecular weight is 394 g/mol. The van der Waals surface area contributed by atoms with Crippen molar-refractivity contribution in [2.75, 3.05) is 19.6 Å². The molecule has 1 aromatic heterocycles. The van der Waals surface area contributed by atoms with Crippen LogP contribution in [0.3, 0.4) is 0 Å². The zero-order chi connectivity index (χ0) is 13.7. The van der Waals surface area contributed by atoms with Gasteiger partial charge in [0.05, 0.1) is 11.0 Å². The van der Waals surface area contributed by atoms with E-state index < -0.39 is 0 Å². The van der Waals surface area contributed by atoms with Gasteiger partial charge in [-0.2, -0.15) is 0 Å². The molecule has 0 spiro atoms. The molecule has 0 amide bonds. The highest BCUT2D eigenvalue weighted by atomic mass is 79.9. The molecule has 1 aromatic rings. The van der Waals surface area contributed by atoms with Crippen molar-refractivity contribution in [3.8, 4) is 0 Å². The highest BCUT2D eigenvalue weighted by molar-refractivity contribution is 9.13. The van der Waals surface area contributed by atoms with Crippen LogP contribution in [0, 0.1) is 0 Å². The van der Waals surface area contributed by atoms with Crippen LogP contribution in [0.15, 0.2) is 19.6 Å². The molecule has 3 nitrogen and oxygen atoms in total. The smallest absolute Gasteiger partial charge is 0.183 e. The number of hydrogen-bond donors (Lipinski definition) is 1. The maximum absolute atomic E-state index is 5.52. The first-order valence-corrected chi connectivity index (χ1v) is 8.64. The van der Waals surface area contributed by atoms with Crippen LogP contribution in [0.4, 0.5) is 0 Å². The molecular weight excluding hydrogens is 372 g/mol. The Morgan fingerprint density at radius 3 is 2.95 bits per heavy atom. The Morgan fingerprint density at radius 2 is 2.26 bits per heavy atom. The van der Waals surface area contributed by atoms with E-state index in [-0.39, 0.29) is 0 Å². The van der Waals surface area contributed by atoms with Crippen molar-refractivity contribution in [2.24, 2.45) is 0 Å². The van der Waals surface area contributed by atoms with E-state index in [0.717, 1.165) is 34.0 Å². The lowest BCUT2D eigenvalue weighted by molar-refractivity contribution is 0.159. The van der Waals surface area contributed by atoms with E-state index in [1.165, 1.54) is 38.8 Å². The number of piperidine rings is 1. The molecule has 0 radical (unpaired) electrons. The molecule has 0 aliphatic carbocycles. The molecule has 0 aromatic carbocycles. The monoisotopic (exact) mass is 392 g/mol. The molecular formula is C14H22Br2N2O. The molecule has 1 N–H and O–H groups in total. The summed E-state index contributed by atoms with van der Waals surface area (Å²) in [5.74, 6) is 0.963. The Labute approximate surface area is 132 Å². The minimum Gasteiger partial charge on any atom is -0.452 e. The van der Waals surface area contributed by atoms with Crippen LogP contribution < -0.4 is 5.32 Å². The Balaban J connectivity index is 1.59. The first-order valence-electron chi connectivity index (χ1n) is 7.05. The van der Waals surface area contributed by atoms with Crippen LogP contribution in [0.5, 0.6) is 0 Å². The summed E-state index contributed by atoms with van der Waals surface area (Å²) in [7, 11) is 0. The zero-order valence-corrected chi connectivity index (χ0v) is 14.6. The minimum atomic E-state index is 0.769. The van der Waals surface area contributed by atoms with Gasteiger partial charge in [-0.15, -0.1) is 0 Å². The zero-order valence-electron chi connectivity index (χ0n) is 11.4. The third-order valence-electron chi connectivity index (χ3n) is 3.73. The number of likely N-dealkylation sites (tertiary alicyclic amines) is 1. The molecule has 108 valence electrons. The molecule has 5 heteroatoms. The van der Waals surface area contributed by atoms with Gasteiger partial charge in [-0.1, -0.05) is 6.42 Å². The fourth-order valence-electron chi connectivity index (χ4n) is 2.59. The second-order valence-electron chi connectivity index (χ2n) is 5.25. The summed E-state index contributed by atoms with van der Waals surface area (Å²) in [5, 5.41) is 3.43. The molecule has 2 rings (SSSR count). The third kappa shape index (κ3) is 4.88. The number of hydrogen-bond acceptors (Lipinski definition) is 3. The number of rotatable bonds is 6. The summed E-state index contributed by atoms with van der Waals surface area (Å²) < 4.78 is 7.27. The van der Waals surface area contributed by atoms with Gasteiger partial charge in [0.15, 0.2) is 4.67 Å². The predicted molar refractivity (Wildman–Crippen MR) is 85.3 cm³/mol. The van der Waals surface area contributed by atoms with Crippen molar-refractivity contribution in [3.05, 3.63) is 21.0 Å². The molecule has 2 heterocycles. The highest BCUT2D eigenvalue weighted by Crippen LogP contribution is 2.26. The summed E-state index contributed by atoms with van der Waals surface area (Å²) in [6, 6.07) is 2.77. The fraction of sp³-hybridized carbons (Fsp3) is 0.714. The molecule has 1 aliphatic rings. The number of nitrogens with one attached hydrogen (secondary N) is 1. The molecule has 1 aliphatic heterocycles. The van der Waals surface area contributed by atoms with Gasteiger partial charge < -0.3 is 14.6 Å². The van der Waals surface area contributed by atoms with Gasteiger partial charge in [0.2, 0.25) is 0 Å². The second-order valence-corrected chi connectivity index (χ2v) is 6.82. The maximum atomic E-state index is 5.52. The molecule has 1 atom stereocenters. The molecule has 19 heavy (non-hydrogen) atoms. The van der Waals surface area contributed by atoms with E-state index in [0.29, 0.717) is 0 Å². The second kappa shape index (κ2) is 7.81. The fourth-order valence-corrected chi connectivity index (χ4v) is 3.25. The first-order chi connectivity index (χ1) is 9.16. The van der Waals surface area contributed by atoms with Crippen LogP contribution in [-0.4, -0.2) is 30.6 Å². The van der Waals surface area contributed by atoms with Gasteiger partial charge in [0, 0.05) is 6.04 Å². The number of furan rings is 1. The average Bonchev–Trinajstić information content (AvgIpc) is 2.70. The topological polar surface area (TPSA) is 28.4 Å². The van der Waals surface area contributed by atoms with Gasteiger partial charge in [-0.3, -0.25) is 0 Å². The maximum Gasteiger partial charge on any atom is 0.183 e. The van der Waals surface area contributed by atoms with Crippen LogP contribution in [-0.2, 0) is 6.54 Å². The van der Waals surface area contributed by atoms with E-state index in [9.17, 15) is 0 Å². The van der Waals surface area contributed by atoms with Gasteiger partial charge in [0.1, 0.15) is 5.76 Å². The summed E-state index contributed by atoms with van der Waals surface area (Å²) in [6.07, 6.45) is 5.33. The molecule has 0 saturated carbocycles. The van der Waals surface area contributed by atoms with E-state index >= 15 is 0 Å². The van der Waals surface area contributed by atoms with Gasteiger partial charge >= 0.3 is 0 Å². The molecule has 1 fully saturated rings. The number of nitrogens with zero attached hydrogens (tertiary/aromatic N) is 1. The summed E-state index contributed by atoms with van der Waals surface area (Å²) >= 11 is 6.77. The summed E-state index contributed by atoms with van der Waals surface area (Å²) in [4.78, 5) is 2.62. The van der Waals surface area contributed by atoms with Crippen LogP contribution >= 0.6 is 31.9 Å². The van der Waals surface area contributed by atoms with E-state index in [4.69, 9.17) is 4.42 Å². The van der Waals surface area contributed by atoms with Gasteiger partial charge in [0.25, 0.3) is 0 Å². The third-order valence-corrected chi connectivity index (χ3v) is 5.45. The quantitative estimate of drug-likeness (QED) is 0.735. The Kier molecular flexibility index (Phi) is 6.39.